The van der Waals surface area contributed by atoms with Gasteiger partial charge < -0.3 is 14.2 Å². The molecule has 0 spiro atoms. The van der Waals surface area contributed by atoms with Crippen molar-refractivity contribution >= 4 is 17.9 Å². The zero-order valence-electron chi connectivity index (χ0n) is 15.5. The number of furan rings is 1. The van der Waals surface area contributed by atoms with Gasteiger partial charge in [-0.25, -0.2) is 0 Å². The molecule has 27 heavy (non-hydrogen) atoms. The Morgan fingerprint density at radius 1 is 1.00 bits per heavy atom. The minimum absolute atomic E-state index is 0.0238. The lowest BCUT2D eigenvalue weighted by Gasteiger charge is -2.34. The van der Waals surface area contributed by atoms with Crippen molar-refractivity contribution in [3.05, 3.63) is 65.6 Å². The van der Waals surface area contributed by atoms with Gasteiger partial charge in [0.05, 0.1) is 0 Å². The van der Waals surface area contributed by atoms with E-state index < -0.39 is 0 Å². The van der Waals surface area contributed by atoms with Crippen molar-refractivity contribution in [2.24, 2.45) is 5.92 Å². The summed E-state index contributed by atoms with van der Waals surface area (Å²) in [6.07, 6.45) is 4.48. The molecule has 1 saturated heterocycles. The summed E-state index contributed by atoms with van der Waals surface area (Å²) >= 11 is 0. The van der Waals surface area contributed by atoms with Crippen LogP contribution in [0.3, 0.4) is 0 Å². The van der Waals surface area contributed by atoms with Crippen LogP contribution < -0.4 is 0 Å². The van der Waals surface area contributed by atoms with Gasteiger partial charge in [0.1, 0.15) is 11.5 Å². The van der Waals surface area contributed by atoms with Crippen molar-refractivity contribution in [3.8, 4) is 0 Å². The first-order valence-corrected chi connectivity index (χ1v) is 9.53. The number of benzene rings is 1. The van der Waals surface area contributed by atoms with Crippen molar-refractivity contribution in [1.82, 2.24) is 9.80 Å². The Bertz CT molecular complexity index is 847. The quantitative estimate of drug-likeness (QED) is 0.782. The summed E-state index contributed by atoms with van der Waals surface area (Å²) in [4.78, 5) is 28.5. The van der Waals surface area contributed by atoms with E-state index in [9.17, 15) is 9.59 Å². The molecule has 4 rings (SSSR count). The van der Waals surface area contributed by atoms with Crippen LogP contribution in [0, 0.1) is 5.92 Å². The molecule has 1 aliphatic heterocycles. The first-order valence-electron chi connectivity index (χ1n) is 9.53. The smallest absolute Gasteiger partial charge is 0.253 e. The van der Waals surface area contributed by atoms with Crippen LogP contribution in [0.25, 0.3) is 6.08 Å². The summed E-state index contributed by atoms with van der Waals surface area (Å²) in [5.74, 6) is 2.95. The molecule has 1 saturated carbocycles. The van der Waals surface area contributed by atoms with Gasteiger partial charge in [0, 0.05) is 43.7 Å². The summed E-state index contributed by atoms with van der Waals surface area (Å²) < 4.78 is 5.80. The van der Waals surface area contributed by atoms with Gasteiger partial charge in [-0.3, -0.25) is 9.59 Å². The second-order valence-corrected chi connectivity index (χ2v) is 7.38. The lowest BCUT2D eigenvalue weighted by atomic mass is 10.2. The third-order valence-corrected chi connectivity index (χ3v) is 5.41. The molecule has 1 aromatic carbocycles. The van der Waals surface area contributed by atoms with Crippen LogP contribution in [0.5, 0.6) is 0 Å². The average molecular weight is 364 g/mol. The van der Waals surface area contributed by atoms with E-state index in [0.29, 0.717) is 43.6 Å². The number of rotatable bonds is 4. The number of carbonyl (C=O) groups is 2. The van der Waals surface area contributed by atoms with Gasteiger partial charge >= 0.3 is 0 Å². The molecule has 2 heterocycles. The Morgan fingerprint density at radius 2 is 1.67 bits per heavy atom. The molecule has 5 nitrogen and oxygen atoms in total. The van der Waals surface area contributed by atoms with E-state index in [1.807, 2.05) is 42.5 Å². The predicted molar refractivity (Wildman–Crippen MR) is 103 cm³/mol. The molecule has 2 atom stereocenters. The zero-order chi connectivity index (χ0) is 18.8. The fourth-order valence-corrected chi connectivity index (χ4v) is 3.53. The van der Waals surface area contributed by atoms with E-state index in [-0.39, 0.29) is 11.8 Å². The fourth-order valence-electron chi connectivity index (χ4n) is 3.53. The molecule has 1 aromatic heterocycles. The molecule has 2 fully saturated rings. The Balaban J connectivity index is 1.29. The van der Waals surface area contributed by atoms with Crippen molar-refractivity contribution in [2.75, 3.05) is 26.2 Å². The molecular weight excluding hydrogens is 340 g/mol. The summed E-state index contributed by atoms with van der Waals surface area (Å²) in [6, 6.07) is 13.2. The van der Waals surface area contributed by atoms with Crippen molar-refractivity contribution < 1.29 is 14.0 Å². The lowest BCUT2D eigenvalue weighted by Crippen LogP contribution is -2.50. The number of carbonyl (C=O) groups excluding carboxylic acids is 2. The third-order valence-electron chi connectivity index (χ3n) is 5.41. The maximum atomic E-state index is 12.5. The van der Waals surface area contributed by atoms with Crippen LogP contribution in [-0.2, 0) is 4.79 Å². The number of piperazine rings is 1. The molecule has 0 N–H and O–H groups in total. The summed E-state index contributed by atoms with van der Waals surface area (Å²) in [5.41, 5.74) is 0.691. The maximum absolute atomic E-state index is 12.5. The average Bonchev–Trinajstić information content (AvgIpc) is 3.26. The van der Waals surface area contributed by atoms with Crippen LogP contribution in [-0.4, -0.2) is 47.8 Å². The van der Waals surface area contributed by atoms with Gasteiger partial charge in [0.15, 0.2) is 0 Å². The van der Waals surface area contributed by atoms with Gasteiger partial charge in [-0.2, -0.15) is 0 Å². The molecule has 1 aliphatic carbocycles. The highest BCUT2D eigenvalue weighted by Gasteiger charge is 2.36. The number of hydrogen-bond acceptors (Lipinski definition) is 3. The highest BCUT2D eigenvalue weighted by molar-refractivity contribution is 5.95. The molecule has 2 aromatic rings. The minimum atomic E-state index is -0.0421. The van der Waals surface area contributed by atoms with Crippen LogP contribution in [0.1, 0.15) is 41.1 Å². The predicted octanol–water partition coefficient (Wildman–Crippen LogP) is 3.40. The monoisotopic (exact) mass is 364 g/mol. The van der Waals surface area contributed by atoms with E-state index in [1.54, 1.807) is 22.0 Å². The number of nitrogens with zero attached hydrogens (tertiary/aromatic N) is 2. The maximum Gasteiger partial charge on any atom is 0.253 e. The Morgan fingerprint density at radius 3 is 2.33 bits per heavy atom. The first-order chi connectivity index (χ1) is 13.1. The van der Waals surface area contributed by atoms with Gasteiger partial charge in [0.25, 0.3) is 5.91 Å². The van der Waals surface area contributed by atoms with Crippen molar-refractivity contribution in [3.63, 3.8) is 0 Å². The van der Waals surface area contributed by atoms with E-state index in [1.165, 1.54) is 6.42 Å². The first kappa shape index (κ1) is 17.6. The van der Waals surface area contributed by atoms with Crippen molar-refractivity contribution in [2.45, 2.75) is 19.3 Å². The number of hydrogen-bond donors (Lipinski definition) is 0. The Hall–Kier alpha value is -2.82. The normalized spacial score (nSPS) is 22.3. The molecule has 2 amide bonds. The summed E-state index contributed by atoms with van der Waals surface area (Å²) in [7, 11) is 0. The molecule has 140 valence electrons. The molecule has 2 aliphatic rings. The number of amides is 2. The summed E-state index contributed by atoms with van der Waals surface area (Å²) in [6.45, 7) is 4.42. The van der Waals surface area contributed by atoms with Crippen LogP contribution in [0.4, 0.5) is 0 Å². The minimum Gasteiger partial charge on any atom is -0.461 e. The standard InChI is InChI=1S/C22H24N2O3/c1-16-15-19(16)20-9-7-18(27-20)8-10-21(25)23-11-13-24(14-12-23)22(26)17-5-3-2-4-6-17/h2-10,16,19H,11-15H2,1H3/b10-8+. The highest BCUT2D eigenvalue weighted by Crippen LogP contribution is 2.47. The van der Waals surface area contributed by atoms with Gasteiger partial charge in [-0.1, -0.05) is 25.1 Å². The van der Waals surface area contributed by atoms with E-state index in [2.05, 4.69) is 6.92 Å². The molecule has 0 bridgehead atoms. The lowest BCUT2D eigenvalue weighted by molar-refractivity contribution is -0.127. The molecule has 5 heteroatoms. The largest absolute Gasteiger partial charge is 0.461 e. The van der Waals surface area contributed by atoms with Crippen LogP contribution in [0.2, 0.25) is 0 Å². The Kier molecular flexibility index (Phi) is 4.84. The topological polar surface area (TPSA) is 53.8 Å². The van der Waals surface area contributed by atoms with Gasteiger partial charge in [-0.05, 0) is 42.7 Å². The second kappa shape index (κ2) is 7.43. The second-order valence-electron chi connectivity index (χ2n) is 7.38. The van der Waals surface area contributed by atoms with E-state index in [4.69, 9.17) is 4.42 Å². The zero-order valence-corrected chi connectivity index (χ0v) is 15.5. The van der Waals surface area contributed by atoms with Gasteiger partial charge in [-0.15, -0.1) is 0 Å². The molecular formula is C22H24N2O3. The van der Waals surface area contributed by atoms with E-state index in [0.717, 1.165) is 11.5 Å². The van der Waals surface area contributed by atoms with Crippen molar-refractivity contribution in [1.29, 1.82) is 0 Å². The summed E-state index contributed by atoms with van der Waals surface area (Å²) in [5, 5.41) is 0. The SMILES string of the molecule is CC1CC1c1ccc(/C=C/C(=O)N2CCN(C(=O)c3ccccc3)CC2)o1. The fraction of sp³-hybridized carbons (Fsp3) is 0.364. The molecule has 0 radical (unpaired) electrons. The van der Waals surface area contributed by atoms with Crippen LogP contribution >= 0.6 is 0 Å². The Labute approximate surface area is 159 Å². The molecule has 2 unspecified atom stereocenters. The van der Waals surface area contributed by atoms with Gasteiger partial charge in [0.2, 0.25) is 5.91 Å². The third kappa shape index (κ3) is 3.97. The highest BCUT2D eigenvalue weighted by atomic mass is 16.3. The van der Waals surface area contributed by atoms with E-state index >= 15 is 0 Å². The van der Waals surface area contributed by atoms with Crippen LogP contribution in [0.15, 0.2) is 53.0 Å².